The summed E-state index contributed by atoms with van der Waals surface area (Å²) in [5, 5.41) is 2.90. The fourth-order valence-corrected chi connectivity index (χ4v) is 2.72. The van der Waals surface area contributed by atoms with E-state index in [0.717, 1.165) is 37.6 Å². The first kappa shape index (κ1) is 17.8. The van der Waals surface area contributed by atoms with Gasteiger partial charge in [-0.15, -0.1) is 0 Å². The predicted molar refractivity (Wildman–Crippen MR) is 90.7 cm³/mol. The molecule has 0 aromatic heterocycles. The van der Waals surface area contributed by atoms with Gasteiger partial charge < -0.3 is 14.8 Å². The average molecular weight is 320 g/mol. The van der Waals surface area contributed by atoms with Crippen LogP contribution >= 0.6 is 0 Å². The topological polar surface area (TPSA) is 50.8 Å². The van der Waals surface area contributed by atoms with Crippen LogP contribution in [0.25, 0.3) is 0 Å². The molecular weight excluding hydrogens is 292 g/mol. The monoisotopic (exact) mass is 320 g/mol. The lowest BCUT2D eigenvalue weighted by Gasteiger charge is -2.33. The Balaban J connectivity index is 1.67. The third-order valence-electron chi connectivity index (χ3n) is 3.73. The molecule has 1 saturated heterocycles. The van der Waals surface area contributed by atoms with Crippen molar-refractivity contribution in [1.82, 2.24) is 10.2 Å². The minimum atomic E-state index is -0.115. The van der Waals surface area contributed by atoms with Crippen LogP contribution in [0, 0.1) is 12.8 Å². The first-order valence-corrected chi connectivity index (χ1v) is 8.33. The number of nitrogens with one attached hydrogen (secondary N) is 1. The summed E-state index contributed by atoms with van der Waals surface area (Å²) < 4.78 is 11.2. The number of ether oxygens (including phenoxy) is 2. The molecule has 0 aliphatic carbocycles. The van der Waals surface area contributed by atoms with Crippen LogP contribution < -0.4 is 10.1 Å². The van der Waals surface area contributed by atoms with E-state index in [9.17, 15) is 4.79 Å². The number of nitrogens with zero attached hydrogens (tertiary/aromatic N) is 1. The number of benzene rings is 1. The summed E-state index contributed by atoms with van der Waals surface area (Å²) in [6.07, 6.45) is 0.0606. The number of hydrogen-bond acceptors (Lipinski definition) is 4. The maximum absolute atomic E-state index is 11.9. The number of morpholine rings is 1. The Labute approximate surface area is 139 Å². The van der Waals surface area contributed by atoms with Crippen molar-refractivity contribution >= 4 is 5.91 Å². The van der Waals surface area contributed by atoms with E-state index in [2.05, 4.69) is 24.1 Å². The number of carbonyl (C=O) groups excluding carboxylic acids is 1. The molecule has 1 fully saturated rings. The van der Waals surface area contributed by atoms with Crippen molar-refractivity contribution in [3.63, 3.8) is 0 Å². The molecule has 1 aliphatic rings. The van der Waals surface area contributed by atoms with Crippen molar-refractivity contribution in [2.75, 3.05) is 39.4 Å². The number of carbonyl (C=O) groups is 1. The number of aryl methyl sites for hydroxylation is 1. The molecule has 0 bridgehead atoms. The predicted octanol–water partition coefficient (Wildman–Crippen LogP) is 1.85. The molecule has 1 aromatic carbocycles. The molecule has 1 aromatic rings. The largest absolute Gasteiger partial charge is 0.484 e. The van der Waals surface area contributed by atoms with Crippen molar-refractivity contribution < 1.29 is 14.3 Å². The van der Waals surface area contributed by atoms with Crippen LogP contribution in [0.15, 0.2) is 24.3 Å². The first-order valence-electron chi connectivity index (χ1n) is 8.33. The molecule has 2 rings (SSSR count). The van der Waals surface area contributed by atoms with Crippen LogP contribution in [0.2, 0.25) is 0 Å². The van der Waals surface area contributed by atoms with Gasteiger partial charge in [0.2, 0.25) is 0 Å². The van der Waals surface area contributed by atoms with Crippen LogP contribution in [-0.2, 0) is 9.53 Å². The second-order valence-electron chi connectivity index (χ2n) is 6.56. The standard InChI is InChI=1S/C18H28N2O3/c1-14(2)11-20-7-8-22-17(12-20)10-19-18(21)13-23-16-6-4-5-15(3)9-16/h4-6,9,14,17H,7-8,10-13H2,1-3H3,(H,19,21). The molecule has 1 heterocycles. The molecule has 23 heavy (non-hydrogen) atoms. The average Bonchev–Trinajstić information content (AvgIpc) is 2.51. The van der Waals surface area contributed by atoms with E-state index in [1.54, 1.807) is 0 Å². The lowest BCUT2D eigenvalue weighted by Crippen LogP contribution is -2.48. The van der Waals surface area contributed by atoms with Crippen LogP contribution in [0.5, 0.6) is 5.75 Å². The van der Waals surface area contributed by atoms with E-state index in [1.807, 2.05) is 31.2 Å². The Kier molecular flexibility index (Phi) is 6.86. The van der Waals surface area contributed by atoms with Gasteiger partial charge in [-0.3, -0.25) is 9.69 Å². The normalized spacial score (nSPS) is 18.9. The fraction of sp³-hybridized carbons (Fsp3) is 0.611. The first-order chi connectivity index (χ1) is 11.0. The van der Waals surface area contributed by atoms with Gasteiger partial charge in [-0.2, -0.15) is 0 Å². The summed E-state index contributed by atoms with van der Waals surface area (Å²) in [5.74, 6) is 1.25. The molecule has 1 aliphatic heterocycles. The summed E-state index contributed by atoms with van der Waals surface area (Å²) >= 11 is 0. The molecule has 1 amide bonds. The van der Waals surface area contributed by atoms with Crippen LogP contribution in [0.1, 0.15) is 19.4 Å². The van der Waals surface area contributed by atoms with Gasteiger partial charge in [0.1, 0.15) is 5.75 Å². The van der Waals surface area contributed by atoms with Crippen molar-refractivity contribution in [3.8, 4) is 5.75 Å². The number of rotatable bonds is 7. The zero-order chi connectivity index (χ0) is 16.7. The molecule has 1 atom stereocenters. The molecule has 0 spiro atoms. The quantitative estimate of drug-likeness (QED) is 0.833. The molecule has 0 radical (unpaired) electrons. The minimum absolute atomic E-state index is 0.0336. The van der Waals surface area contributed by atoms with Gasteiger partial charge in [-0.05, 0) is 30.5 Å². The number of hydrogen-bond donors (Lipinski definition) is 1. The highest BCUT2D eigenvalue weighted by Gasteiger charge is 2.21. The molecule has 5 heteroatoms. The second kappa shape index (κ2) is 8.89. The molecule has 0 saturated carbocycles. The third-order valence-corrected chi connectivity index (χ3v) is 3.73. The lowest BCUT2D eigenvalue weighted by atomic mass is 10.2. The smallest absolute Gasteiger partial charge is 0.258 e. The van der Waals surface area contributed by atoms with Crippen molar-refractivity contribution in [1.29, 1.82) is 0 Å². The summed E-state index contributed by atoms with van der Waals surface area (Å²) in [6, 6.07) is 7.69. The van der Waals surface area contributed by atoms with E-state index in [4.69, 9.17) is 9.47 Å². The summed E-state index contributed by atoms with van der Waals surface area (Å²) in [7, 11) is 0. The van der Waals surface area contributed by atoms with Gasteiger partial charge in [0, 0.05) is 26.2 Å². The van der Waals surface area contributed by atoms with E-state index in [-0.39, 0.29) is 18.6 Å². The molecule has 1 N–H and O–H groups in total. The zero-order valence-electron chi connectivity index (χ0n) is 14.4. The molecule has 128 valence electrons. The van der Waals surface area contributed by atoms with Gasteiger partial charge in [-0.1, -0.05) is 26.0 Å². The summed E-state index contributed by atoms with van der Waals surface area (Å²) in [5.41, 5.74) is 1.11. The zero-order valence-corrected chi connectivity index (χ0v) is 14.4. The lowest BCUT2D eigenvalue weighted by molar-refractivity contribution is -0.124. The maximum Gasteiger partial charge on any atom is 0.258 e. The third kappa shape index (κ3) is 6.59. The van der Waals surface area contributed by atoms with Gasteiger partial charge >= 0.3 is 0 Å². The van der Waals surface area contributed by atoms with E-state index in [1.165, 1.54) is 0 Å². The van der Waals surface area contributed by atoms with Crippen molar-refractivity contribution in [3.05, 3.63) is 29.8 Å². The van der Waals surface area contributed by atoms with Gasteiger partial charge in [0.25, 0.3) is 5.91 Å². The Morgan fingerprint density at radius 3 is 3.04 bits per heavy atom. The number of amides is 1. The van der Waals surface area contributed by atoms with Crippen LogP contribution in [0.4, 0.5) is 0 Å². The van der Waals surface area contributed by atoms with E-state index in [0.29, 0.717) is 12.5 Å². The van der Waals surface area contributed by atoms with E-state index >= 15 is 0 Å². The Bertz CT molecular complexity index is 505. The highest BCUT2D eigenvalue weighted by atomic mass is 16.5. The molecular formula is C18H28N2O3. The van der Waals surface area contributed by atoms with Crippen molar-refractivity contribution in [2.24, 2.45) is 5.92 Å². The Morgan fingerprint density at radius 2 is 2.30 bits per heavy atom. The fourth-order valence-electron chi connectivity index (χ4n) is 2.72. The summed E-state index contributed by atoms with van der Waals surface area (Å²) in [6.45, 7) is 10.6. The molecule has 5 nitrogen and oxygen atoms in total. The minimum Gasteiger partial charge on any atom is -0.484 e. The maximum atomic E-state index is 11.9. The molecule has 1 unspecified atom stereocenters. The van der Waals surface area contributed by atoms with E-state index < -0.39 is 0 Å². The highest BCUT2D eigenvalue weighted by molar-refractivity contribution is 5.77. The van der Waals surface area contributed by atoms with Crippen LogP contribution in [-0.4, -0.2) is 56.3 Å². The van der Waals surface area contributed by atoms with Gasteiger partial charge in [0.05, 0.1) is 12.7 Å². The van der Waals surface area contributed by atoms with Gasteiger partial charge in [0.15, 0.2) is 6.61 Å². The van der Waals surface area contributed by atoms with Crippen LogP contribution in [0.3, 0.4) is 0 Å². The Hall–Kier alpha value is -1.59. The summed E-state index contributed by atoms with van der Waals surface area (Å²) in [4.78, 5) is 14.3. The Morgan fingerprint density at radius 1 is 1.48 bits per heavy atom. The SMILES string of the molecule is Cc1cccc(OCC(=O)NCC2CN(CC(C)C)CCO2)c1. The van der Waals surface area contributed by atoms with Gasteiger partial charge in [-0.25, -0.2) is 0 Å². The highest BCUT2D eigenvalue weighted by Crippen LogP contribution is 2.12. The second-order valence-corrected chi connectivity index (χ2v) is 6.56. The van der Waals surface area contributed by atoms with Crippen molar-refractivity contribution in [2.45, 2.75) is 26.9 Å².